The molecule has 4 nitrogen and oxygen atoms in total. The van der Waals surface area contributed by atoms with E-state index in [0.29, 0.717) is 0 Å². The van der Waals surface area contributed by atoms with Gasteiger partial charge in [0.1, 0.15) is 0 Å². The molecule has 0 bridgehead atoms. The molecule has 0 aliphatic rings. The van der Waals surface area contributed by atoms with Crippen LogP contribution in [-0.2, 0) is 16.0 Å². The number of amides is 2. The number of nitrogens with one attached hydrogen (secondary N) is 2. The predicted octanol–water partition coefficient (Wildman–Crippen LogP) is 3.46. The summed E-state index contributed by atoms with van der Waals surface area (Å²) in [4.78, 5) is 23.7. The number of hydrogen-bond donors (Lipinski definition) is 2. The summed E-state index contributed by atoms with van der Waals surface area (Å²) in [5.74, 6) is -0.277. The number of hydrogen-bond acceptors (Lipinski definition) is 2. The molecule has 2 amide bonds. The number of aryl methyl sites for hydroxylation is 1. The van der Waals surface area contributed by atoms with E-state index in [-0.39, 0.29) is 24.3 Å². The van der Waals surface area contributed by atoms with E-state index in [1.165, 1.54) is 12.5 Å². The van der Waals surface area contributed by atoms with Crippen LogP contribution in [-0.4, -0.2) is 11.8 Å². The summed E-state index contributed by atoms with van der Waals surface area (Å²) < 4.78 is 0. The lowest BCUT2D eigenvalue weighted by molar-refractivity contribution is -0.120. The van der Waals surface area contributed by atoms with Crippen LogP contribution in [0.3, 0.4) is 0 Å². The van der Waals surface area contributed by atoms with Crippen molar-refractivity contribution in [3.63, 3.8) is 0 Å². The third-order valence-corrected chi connectivity index (χ3v) is 3.59. The van der Waals surface area contributed by atoms with Crippen LogP contribution in [0.25, 0.3) is 0 Å². The Morgan fingerprint density at radius 2 is 1.78 bits per heavy atom. The van der Waals surface area contributed by atoms with Crippen molar-refractivity contribution in [2.24, 2.45) is 0 Å². The summed E-state index contributed by atoms with van der Waals surface area (Å²) in [6, 6.07) is 17.0. The number of carbonyl (C=O) groups is 2. The first-order chi connectivity index (χ1) is 11.1. The van der Waals surface area contributed by atoms with Gasteiger partial charge in [0.2, 0.25) is 11.8 Å². The maximum absolute atomic E-state index is 12.3. The molecule has 0 unspecified atom stereocenters. The van der Waals surface area contributed by atoms with Crippen LogP contribution in [0.1, 0.15) is 37.4 Å². The smallest absolute Gasteiger partial charge is 0.226 e. The van der Waals surface area contributed by atoms with Gasteiger partial charge in [-0.1, -0.05) is 49.4 Å². The van der Waals surface area contributed by atoms with Gasteiger partial charge in [0.15, 0.2) is 0 Å². The molecule has 2 rings (SSSR count). The second kappa shape index (κ2) is 8.13. The third kappa shape index (κ3) is 5.25. The molecule has 0 aliphatic heterocycles. The van der Waals surface area contributed by atoms with Gasteiger partial charge in [0.05, 0.1) is 12.5 Å². The maximum atomic E-state index is 12.3. The van der Waals surface area contributed by atoms with Gasteiger partial charge in [0, 0.05) is 12.6 Å². The molecule has 0 aromatic heterocycles. The summed E-state index contributed by atoms with van der Waals surface area (Å²) in [6.45, 7) is 3.53. The van der Waals surface area contributed by atoms with Crippen molar-refractivity contribution in [1.29, 1.82) is 0 Å². The first kappa shape index (κ1) is 16.7. The lowest BCUT2D eigenvalue weighted by Crippen LogP contribution is -2.29. The highest BCUT2D eigenvalue weighted by Gasteiger charge is 2.17. The van der Waals surface area contributed by atoms with Crippen molar-refractivity contribution >= 4 is 17.5 Å². The van der Waals surface area contributed by atoms with E-state index in [2.05, 4.69) is 17.6 Å². The summed E-state index contributed by atoms with van der Waals surface area (Å²) in [5, 5.41) is 5.74. The van der Waals surface area contributed by atoms with Gasteiger partial charge in [0.25, 0.3) is 0 Å². The second-order valence-electron chi connectivity index (χ2n) is 5.47. The molecule has 2 aromatic carbocycles. The molecule has 0 saturated heterocycles. The first-order valence-corrected chi connectivity index (χ1v) is 7.79. The maximum Gasteiger partial charge on any atom is 0.226 e. The standard InChI is InChI=1S/C19H22N2O2/c1-3-15-8-7-11-17(12-15)21-19(23)13-18(20-14(2)22)16-9-5-4-6-10-16/h4-12,18H,3,13H2,1-2H3,(H,20,22)(H,21,23)/t18-/m0/s1. The van der Waals surface area contributed by atoms with Gasteiger partial charge >= 0.3 is 0 Å². The lowest BCUT2D eigenvalue weighted by Gasteiger charge is -2.18. The summed E-state index contributed by atoms with van der Waals surface area (Å²) in [7, 11) is 0. The summed E-state index contributed by atoms with van der Waals surface area (Å²) in [5.41, 5.74) is 2.87. The molecule has 1 atom stereocenters. The van der Waals surface area contributed by atoms with Crippen molar-refractivity contribution in [2.45, 2.75) is 32.7 Å². The molecule has 0 radical (unpaired) electrons. The van der Waals surface area contributed by atoms with Crippen LogP contribution in [0.2, 0.25) is 0 Å². The van der Waals surface area contributed by atoms with Crippen LogP contribution in [0, 0.1) is 0 Å². The van der Waals surface area contributed by atoms with Gasteiger partial charge < -0.3 is 10.6 Å². The molecule has 0 fully saturated rings. The van der Waals surface area contributed by atoms with Crippen molar-refractivity contribution in [3.05, 3.63) is 65.7 Å². The zero-order chi connectivity index (χ0) is 16.7. The van der Waals surface area contributed by atoms with E-state index >= 15 is 0 Å². The Bertz CT molecular complexity index is 668. The van der Waals surface area contributed by atoms with Crippen molar-refractivity contribution in [3.8, 4) is 0 Å². The summed E-state index contributed by atoms with van der Waals surface area (Å²) >= 11 is 0. The van der Waals surface area contributed by atoms with Crippen LogP contribution in [0.5, 0.6) is 0 Å². The average Bonchev–Trinajstić information content (AvgIpc) is 2.54. The summed E-state index contributed by atoms with van der Waals surface area (Å²) in [6.07, 6.45) is 1.11. The Morgan fingerprint density at radius 1 is 1.04 bits per heavy atom. The molecule has 4 heteroatoms. The topological polar surface area (TPSA) is 58.2 Å². The quantitative estimate of drug-likeness (QED) is 0.858. The SMILES string of the molecule is CCc1cccc(NC(=O)C[C@H](NC(C)=O)c2ccccc2)c1. The fraction of sp³-hybridized carbons (Fsp3) is 0.263. The van der Waals surface area contributed by atoms with E-state index in [9.17, 15) is 9.59 Å². The Balaban J connectivity index is 2.06. The molecule has 2 aromatic rings. The highest BCUT2D eigenvalue weighted by Crippen LogP contribution is 2.18. The van der Waals surface area contributed by atoms with E-state index < -0.39 is 0 Å². The molecule has 23 heavy (non-hydrogen) atoms. The molecule has 2 N–H and O–H groups in total. The minimum absolute atomic E-state index is 0.124. The molecule has 0 saturated carbocycles. The van der Waals surface area contributed by atoms with Crippen LogP contribution < -0.4 is 10.6 Å². The van der Waals surface area contributed by atoms with E-state index in [1.807, 2.05) is 54.6 Å². The van der Waals surface area contributed by atoms with Gasteiger partial charge in [-0.05, 0) is 29.7 Å². The van der Waals surface area contributed by atoms with Crippen LogP contribution in [0.15, 0.2) is 54.6 Å². The predicted molar refractivity (Wildman–Crippen MR) is 92.1 cm³/mol. The van der Waals surface area contributed by atoms with Gasteiger partial charge in [-0.15, -0.1) is 0 Å². The van der Waals surface area contributed by atoms with E-state index in [4.69, 9.17) is 0 Å². The second-order valence-corrected chi connectivity index (χ2v) is 5.47. The molecular weight excluding hydrogens is 288 g/mol. The van der Waals surface area contributed by atoms with Gasteiger partial charge in [-0.2, -0.15) is 0 Å². The Morgan fingerprint density at radius 3 is 2.43 bits per heavy atom. The van der Waals surface area contributed by atoms with E-state index in [0.717, 1.165) is 17.7 Å². The molecular formula is C19H22N2O2. The van der Waals surface area contributed by atoms with E-state index in [1.54, 1.807) is 0 Å². The third-order valence-electron chi connectivity index (χ3n) is 3.59. The first-order valence-electron chi connectivity index (χ1n) is 7.79. The number of anilines is 1. The Kier molecular flexibility index (Phi) is 5.92. The monoisotopic (exact) mass is 310 g/mol. The minimum atomic E-state index is -0.331. The normalized spacial score (nSPS) is 11.6. The zero-order valence-electron chi connectivity index (χ0n) is 13.5. The number of carbonyl (C=O) groups excluding carboxylic acids is 2. The minimum Gasteiger partial charge on any atom is -0.349 e. The largest absolute Gasteiger partial charge is 0.349 e. The van der Waals surface area contributed by atoms with Crippen LogP contribution in [0.4, 0.5) is 5.69 Å². The highest BCUT2D eigenvalue weighted by molar-refractivity contribution is 5.91. The highest BCUT2D eigenvalue weighted by atomic mass is 16.2. The molecule has 0 spiro atoms. The van der Waals surface area contributed by atoms with Crippen molar-refractivity contribution in [2.75, 3.05) is 5.32 Å². The molecule has 120 valence electrons. The van der Waals surface area contributed by atoms with Crippen LogP contribution >= 0.6 is 0 Å². The molecule has 0 aliphatic carbocycles. The zero-order valence-corrected chi connectivity index (χ0v) is 13.5. The average molecular weight is 310 g/mol. The number of rotatable bonds is 6. The number of benzene rings is 2. The Hall–Kier alpha value is -2.62. The Labute approximate surface area is 136 Å². The van der Waals surface area contributed by atoms with Gasteiger partial charge in [-0.3, -0.25) is 9.59 Å². The van der Waals surface area contributed by atoms with Crippen molar-refractivity contribution < 1.29 is 9.59 Å². The van der Waals surface area contributed by atoms with Crippen molar-refractivity contribution in [1.82, 2.24) is 5.32 Å². The molecule has 0 heterocycles. The fourth-order valence-electron chi connectivity index (χ4n) is 2.45. The lowest BCUT2D eigenvalue weighted by atomic mass is 10.0. The fourth-order valence-corrected chi connectivity index (χ4v) is 2.45. The van der Waals surface area contributed by atoms with Gasteiger partial charge in [-0.25, -0.2) is 0 Å².